The maximum atomic E-state index is 10.4. The smallest absolute Gasteiger partial charge is 0.339 e. The summed E-state index contributed by atoms with van der Waals surface area (Å²) in [6.45, 7) is 1.93. The second-order valence-corrected chi connectivity index (χ2v) is 2.40. The molecule has 0 saturated carbocycles. The highest BCUT2D eigenvalue weighted by Gasteiger charge is 2.08. The van der Waals surface area contributed by atoms with Crippen molar-refractivity contribution in [1.29, 1.82) is 0 Å². The Morgan fingerprint density at radius 3 is 2.36 bits per heavy atom. The number of phenols is 1. The first kappa shape index (κ1) is 12.2. The number of carboxylic acids is 1. The number of hydrogen-bond acceptors (Lipinski definition) is 4. The molecule has 0 aromatic heterocycles. The lowest BCUT2D eigenvalue weighted by Gasteiger charge is -1.98. The number of benzene rings is 1. The number of rotatable bonds is 1. The molecule has 0 atom stereocenters. The molecule has 0 aliphatic rings. The van der Waals surface area contributed by atoms with Gasteiger partial charge in [-0.2, -0.15) is 0 Å². The first-order chi connectivity index (χ1) is 6.52. The first-order valence-corrected chi connectivity index (χ1v) is 3.95. The van der Waals surface area contributed by atoms with Gasteiger partial charge in [-0.3, -0.25) is 0 Å². The predicted molar refractivity (Wildman–Crippen MR) is 52.2 cm³/mol. The molecular weight excluding hydrogens is 186 g/mol. The van der Waals surface area contributed by atoms with Crippen LogP contribution in [0.1, 0.15) is 17.3 Å². The lowest BCUT2D eigenvalue weighted by molar-refractivity contribution is 0.0694. The monoisotopic (exact) mass is 199 g/mol. The highest BCUT2D eigenvalue weighted by molar-refractivity contribution is 5.91. The van der Waals surface area contributed by atoms with Crippen LogP contribution in [0.2, 0.25) is 0 Å². The van der Waals surface area contributed by atoms with Crippen molar-refractivity contribution in [3.63, 3.8) is 0 Å². The third-order valence-electron chi connectivity index (χ3n) is 1.25. The van der Waals surface area contributed by atoms with E-state index < -0.39 is 5.97 Å². The minimum atomic E-state index is -1.19. The average Bonchev–Trinajstić information content (AvgIpc) is 2.10. The van der Waals surface area contributed by atoms with Gasteiger partial charge in [-0.15, -0.1) is 0 Å². The van der Waals surface area contributed by atoms with Gasteiger partial charge < -0.3 is 21.1 Å². The van der Waals surface area contributed by atoms with E-state index in [0.29, 0.717) is 5.69 Å². The molecule has 1 aromatic rings. The Balaban J connectivity index is 0.000000500. The maximum Gasteiger partial charge on any atom is 0.339 e. The van der Waals surface area contributed by atoms with E-state index in [1.165, 1.54) is 18.2 Å². The van der Waals surface area contributed by atoms with Crippen molar-refractivity contribution >= 4 is 11.7 Å². The van der Waals surface area contributed by atoms with Crippen molar-refractivity contribution < 1.29 is 20.1 Å². The van der Waals surface area contributed by atoms with Gasteiger partial charge in [0.15, 0.2) is 0 Å². The number of carbonyl (C=O) groups is 1. The van der Waals surface area contributed by atoms with Crippen molar-refractivity contribution in [2.24, 2.45) is 0 Å². The van der Waals surface area contributed by atoms with Crippen LogP contribution in [0.4, 0.5) is 5.69 Å². The molecule has 0 radical (unpaired) electrons. The number of hydrogen-bond donors (Lipinski definition) is 4. The van der Waals surface area contributed by atoms with Crippen molar-refractivity contribution in [2.45, 2.75) is 6.92 Å². The van der Waals surface area contributed by atoms with Crippen LogP contribution in [0.25, 0.3) is 0 Å². The summed E-state index contributed by atoms with van der Waals surface area (Å²) in [6, 6.07) is 3.89. The lowest BCUT2D eigenvalue weighted by atomic mass is 10.2. The van der Waals surface area contributed by atoms with Crippen LogP contribution in [0.15, 0.2) is 18.2 Å². The van der Waals surface area contributed by atoms with Crippen LogP contribution in [-0.2, 0) is 0 Å². The van der Waals surface area contributed by atoms with Crippen LogP contribution in [0.5, 0.6) is 5.75 Å². The number of nitrogen functional groups attached to an aromatic ring is 1. The summed E-state index contributed by atoms with van der Waals surface area (Å²) >= 11 is 0. The third kappa shape index (κ3) is 3.77. The third-order valence-corrected chi connectivity index (χ3v) is 1.25. The van der Waals surface area contributed by atoms with E-state index in [0.717, 1.165) is 0 Å². The van der Waals surface area contributed by atoms with Gasteiger partial charge in [-0.1, -0.05) is 0 Å². The lowest BCUT2D eigenvalue weighted by Crippen LogP contribution is -1.97. The summed E-state index contributed by atoms with van der Waals surface area (Å²) in [4.78, 5) is 10.4. The van der Waals surface area contributed by atoms with E-state index in [-0.39, 0.29) is 17.9 Å². The maximum absolute atomic E-state index is 10.4. The minimum absolute atomic E-state index is 0.176. The Bertz CT molecular complexity index is 312. The molecule has 1 aromatic carbocycles. The Kier molecular flexibility index (Phi) is 5.09. The molecule has 14 heavy (non-hydrogen) atoms. The van der Waals surface area contributed by atoms with Gasteiger partial charge in [-0.25, -0.2) is 4.79 Å². The fourth-order valence-electron chi connectivity index (χ4n) is 0.725. The molecule has 0 fully saturated rings. The average molecular weight is 199 g/mol. The zero-order valence-electron chi connectivity index (χ0n) is 7.77. The SMILES string of the molecule is CCO.Nc1ccc(O)c(C(=O)O)c1. The quantitative estimate of drug-likeness (QED) is 0.393. The Labute approximate surface area is 81.4 Å². The molecule has 0 unspecified atom stereocenters. The Hall–Kier alpha value is -1.75. The molecule has 78 valence electrons. The summed E-state index contributed by atoms with van der Waals surface area (Å²) in [5.74, 6) is -1.46. The highest BCUT2D eigenvalue weighted by atomic mass is 16.4. The summed E-state index contributed by atoms with van der Waals surface area (Å²) in [5, 5.41) is 25.0. The van der Waals surface area contributed by atoms with Crippen LogP contribution in [0.3, 0.4) is 0 Å². The number of anilines is 1. The van der Waals surface area contributed by atoms with E-state index in [1.807, 2.05) is 0 Å². The summed E-state index contributed by atoms with van der Waals surface area (Å²) in [6.07, 6.45) is 0. The zero-order valence-corrected chi connectivity index (χ0v) is 7.77. The van der Waals surface area contributed by atoms with Crippen LogP contribution < -0.4 is 5.73 Å². The van der Waals surface area contributed by atoms with Gasteiger partial charge in [0.05, 0.1) is 0 Å². The van der Waals surface area contributed by atoms with Crippen LogP contribution in [0, 0.1) is 0 Å². The van der Waals surface area contributed by atoms with Gasteiger partial charge in [-0.05, 0) is 25.1 Å². The van der Waals surface area contributed by atoms with Crippen molar-refractivity contribution in [3.05, 3.63) is 23.8 Å². The number of carboxylic acid groups (broad SMARTS) is 1. The molecular formula is C9H13NO4. The zero-order chi connectivity index (χ0) is 11.1. The number of aromatic hydroxyl groups is 1. The van der Waals surface area contributed by atoms with E-state index in [2.05, 4.69) is 0 Å². The number of aromatic carboxylic acids is 1. The topological polar surface area (TPSA) is 104 Å². The minimum Gasteiger partial charge on any atom is -0.507 e. The second kappa shape index (κ2) is 5.82. The normalized spacial score (nSPS) is 8.71. The van der Waals surface area contributed by atoms with Gasteiger partial charge in [0.2, 0.25) is 0 Å². The molecule has 1 rings (SSSR count). The largest absolute Gasteiger partial charge is 0.507 e. The highest BCUT2D eigenvalue weighted by Crippen LogP contribution is 2.18. The first-order valence-electron chi connectivity index (χ1n) is 3.95. The van der Waals surface area contributed by atoms with Gasteiger partial charge in [0.25, 0.3) is 0 Å². The second-order valence-electron chi connectivity index (χ2n) is 2.40. The van der Waals surface area contributed by atoms with Gasteiger partial charge in [0, 0.05) is 12.3 Å². The van der Waals surface area contributed by atoms with Gasteiger partial charge >= 0.3 is 5.97 Å². The molecule has 0 saturated heterocycles. The molecule has 5 N–H and O–H groups in total. The molecule has 0 aliphatic heterocycles. The molecule has 5 heteroatoms. The molecule has 5 nitrogen and oxygen atoms in total. The fourth-order valence-corrected chi connectivity index (χ4v) is 0.725. The molecule has 0 aliphatic carbocycles. The fraction of sp³-hybridized carbons (Fsp3) is 0.222. The van der Waals surface area contributed by atoms with E-state index in [4.69, 9.17) is 21.1 Å². The Morgan fingerprint density at radius 1 is 1.50 bits per heavy atom. The van der Waals surface area contributed by atoms with Crippen molar-refractivity contribution in [3.8, 4) is 5.75 Å². The summed E-state index contributed by atoms with van der Waals surface area (Å²) in [7, 11) is 0. The number of aliphatic hydroxyl groups excluding tert-OH is 1. The van der Waals surface area contributed by atoms with E-state index in [9.17, 15) is 4.79 Å². The van der Waals surface area contributed by atoms with Crippen molar-refractivity contribution in [2.75, 3.05) is 12.3 Å². The number of aliphatic hydroxyl groups is 1. The molecule has 0 amide bonds. The van der Waals surface area contributed by atoms with E-state index >= 15 is 0 Å². The summed E-state index contributed by atoms with van der Waals surface area (Å²) < 4.78 is 0. The molecule has 0 spiro atoms. The van der Waals surface area contributed by atoms with Crippen LogP contribution >= 0.6 is 0 Å². The molecule has 0 heterocycles. The summed E-state index contributed by atoms with van der Waals surface area (Å²) in [5.41, 5.74) is 5.43. The number of nitrogens with two attached hydrogens (primary N) is 1. The standard InChI is InChI=1S/C7H7NO3.C2H6O/c8-4-1-2-6(9)5(3-4)7(10)11;1-2-3/h1-3,9H,8H2,(H,10,11);3H,2H2,1H3. The molecule has 0 bridgehead atoms. The van der Waals surface area contributed by atoms with E-state index in [1.54, 1.807) is 6.92 Å². The van der Waals surface area contributed by atoms with Gasteiger partial charge in [0.1, 0.15) is 11.3 Å². The predicted octanol–water partition coefficient (Wildman–Crippen LogP) is 0.671. The van der Waals surface area contributed by atoms with Crippen LogP contribution in [-0.4, -0.2) is 27.9 Å². The van der Waals surface area contributed by atoms with Crippen molar-refractivity contribution in [1.82, 2.24) is 0 Å². The Morgan fingerprint density at radius 2 is 2.00 bits per heavy atom.